The van der Waals surface area contributed by atoms with Gasteiger partial charge >= 0.3 is 0 Å². The molecule has 3 heteroatoms. The van der Waals surface area contributed by atoms with Crippen molar-refractivity contribution in [3.05, 3.63) is 84.4 Å². The first-order valence-electron chi connectivity index (χ1n) is 8.24. The maximum absolute atomic E-state index is 12.5. The van der Waals surface area contributed by atoms with Gasteiger partial charge in [-0.2, -0.15) is 0 Å². The molecule has 24 heavy (non-hydrogen) atoms. The summed E-state index contributed by atoms with van der Waals surface area (Å²) >= 11 is 0. The van der Waals surface area contributed by atoms with Gasteiger partial charge in [0.2, 0.25) is 5.91 Å². The lowest BCUT2D eigenvalue weighted by Gasteiger charge is -2.36. The second-order valence-corrected chi connectivity index (χ2v) is 6.54. The van der Waals surface area contributed by atoms with Gasteiger partial charge in [0.1, 0.15) is 5.72 Å². The minimum absolute atomic E-state index is 0.0538. The van der Waals surface area contributed by atoms with Crippen molar-refractivity contribution >= 4 is 5.91 Å². The Bertz CT molecular complexity index is 670. The third-order valence-corrected chi connectivity index (χ3v) is 4.63. The van der Waals surface area contributed by atoms with Crippen molar-refractivity contribution < 1.29 is 9.53 Å². The van der Waals surface area contributed by atoms with Crippen LogP contribution in [-0.4, -0.2) is 29.2 Å². The number of benzene rings is 2. The monoisotopic (exact) mass is 321 g/mol. The fourth-order valence-corrected chi connectivity index (χ4v) is 3.56. The number of hydrogen-bond donors (Lipinski definition) is 0. The number of carbonyl (C=O) groups is 1. The second-order valence-electron chi connectivity index (χ2n) is 6.54. The summed E-state index contributed by atoms with van der Waals surface area (Å²) in [6, 6.07) is 20.5. The van der Waals surface area contributed by atoms with Crippen molar-refractivity contribution in [1.82, 2.24) is 4.90 Å². The van der Waals surface area contributed by atoms with E-state index in [0.717, 1.165) is 0 Å². The summed E-state index contributed by atoms with van der Waals surface area (Å²) in [5, 5.41) is 0. The number of carbonyl (C=O) groups excluding carboxylic acids is 1. The largest absolute Gasteiger partial charge is 0.354 e. The Morgan fingerprint density at radius 1 is 1.12 bits per heavy atom. The van der Waals surface area contributed by atoms with Crippen LogP contribution in [0.2, 0.25) is 0 Å². The smallest absolute Gasteiger partial charge is 0.248 e. The average Bonchev–Trinajstić information content (AvgIpc) is 2.91. The number of amides is 1. The van der Waals surface area contributed by atoms with Gasteiger partial charge in [-0.3, -0.25) is 4.79 Å². The highest BCUT2D eigenvalue weighted by Crippen LogP contribution is 2.39. The molecule has 2 aromatic rings. The molecular weight excluding hydrogens is 298 g/mol. The van der Waals surface area contributed by atoms with Crippen LogP contribution in [0.25, 0.3) is 0 Å². The molecule has 1 unspecified atom stereocenters. The van der Waals surface area contributed by atoms with Gasteiger partial charge in [0.05, 0.1) is 12.6 Å². The second kappa shape index (κ2) is 6.62. The predicted molar refractivity (Wildman–Crippen MR) is 95.6 cm³/mol. The summed E-state index contributed by atoms with van der Waals surface area (Å²) in [5.41, 5.74) is 1.71. The Labute approximate surface area is 143 Å². The average molecular weight is 321 g/mol. The fourth-order valence-electron chi connectivity index (χ4n) is 3.56. The standard InChI is InChI=1S/C21H23NO2/c1-4-19(23)22-18(15-24-21(22,2)3)20(16-11-7-5-8-12-16)17-13-9-6-10-14-17/h4-14,18,20H,1,15H2,2-3H3. The molecule has 3 rings (SSSR count). The quantitative estimate of drug-likeness (QED) is 0.798. The number of ether oxygens (including phenoxy) is 1. The Hall–Kier alpha value is -2.39. The van der Waals surface area contributed by atoms with Crippen molar-refractivity contribution in [3.8, 4) is 0 Å². The van der Waals surface area contributed by atoms with Crippen LogP contribution in [0.4, 0.5) is 0 Å². The van der Waals surface area contributed by atoms with Crippen LogP contribution in [0.1, 0.15) is 30.9 Å². The van der Waals surface area contributed by atoms with Crippen LogP contribution in [0.3, 0.4) is 0 Å². The van der Waals surface area contributed by atoms with Crippen LogP contribution < -0.4 is 0 Å². The van der Waals surface area contributed by atoms with E-state index in [2.05, 4.69) is 30.8 Å². The van der Waals surface area contributed by atoms with Gasteiger partial charge in [-0.25, -0.2) is 0 Å². The lowest BCUT2D eigenvalue weighted by Crippen LogP contribution is -2.49. The molecule has 0 radical (unpaired) electrons. The lowest BCUT2D eigenvalue weighted by atomic mass is 9.84. The van der Waals surface area contributed by atoms with E-state index in [4.69, 9.17) is 4.74 Å². The SMILES string of the molecule is C=CC(=O)N1C(C(c2ccccc2)c2ccccc2)COC1(C)C. The van der Waals surface area contributed by atoms with E-state index in [9.17, 15) is 4.79 Å². The Balaban J connectivity index is 2.09. The third kappa shape index (κ3) is 3.00. The summed E-state index contributed by atoms with van der Waals surface area (Å²) in [5.74, 6) is -0.0440. The first kappa shape index (κ1) is 16.5. The van der Waals surface area contributed by atoms with Gasteiger partial charge in [-0.1, -0.05) is 67.2 Å². The summed E-state index contributed by atoms with van der Waals surface area (Å²) in [4.78, 5) is 14.4. The molecule has 1 fully saturated rings. The van der Waals surface area contributed by atoms with Gasteiger partial charge in [0.25, 0.3) is 0 Å². The molecule has 0 bridgehead atoms. The minimum Gasteiger partial charge on any atom is -0.354 e. The number of rotatable bonds is 4. The van der Waals surface area contributed by atoms with E-state index in [1.165, 1.54) is 17.2 Å². The van der Waals surface area contributed by atoms with E-state index in [1.54, 1.807) is 0 Å². The van der Waals surface area contributed by atoms with Crippen molar-refractivity contribution in [2.75, 3.05) is 6.61 Å². The fraction of sp³-hybridized carbons (Fsp3) is 0.286. The predicted octanol–water partition coefficient (Wildman–Crippen LogP) is 3.97. The highest BCUT2D eigenvalue weighted by molar-refractivity contribution is 5.88. The van der Waals surface area contributed by atoms with Crippen molar-refractivity contribution in [2.45, 2.75) is 31.5 Å². The van der Waals surface area contributed by atoms with Gasteiger partial charge in [0.15, 0.2) is 0 Å². The van der Waals surface area contributed by atoms with Gasteiger partial charge < -0.3 is 9.64 Å². The van der Waals surface area contributed by atoms with Crippen LogP contribution >= 0.6 is 0 Å². The molecule has 2 aromatic carbocycles. The van der Waals surface area contributed by atoms with E-state index >= 15 is 0 Å². The van der Waals surface area contributed by atoms with Crippen molar-refractivity contribution in [1.29, 1.82) is 0 Å². The van der Waals surface area contributed by atoms with Crippen LogP contribution in [-0.2, 0) is 9.53 Å². The van der Waals surface area contributed by atoms with Gasteiger partial charge in [-0.15, -0.1) is 0 Å². The maximum Gasteiger partial charge on any atom is 0.248 e. The van der Waals surface area contributed by atoms with Crippen molar-refractivity contribution in [3.63, 3.8) is 0 Å². The van der Waals surface area contributed by atoms with E-state index in [-0.39, 0.29) is 17.9 Å². The van der Waals surface area contributed by atoms with Crippen LogP contribution in [0.15, 0.2) is 73.3 Å². The zero-order valence-electron chi connectivity index (χ0n) is 14.2. The maximum atomic E-state index is 12.5. The topological polar surface area (TPSA) is 29.5 Å². The van der Waals surface area contributed by atoms with E-state index in [1.807, 2.05) is 55.1 Å². The summed E-state index contributed by atoms with van der Waals surface area (Å²) in [7, 11) is 0. The molecule has 3 nitrogen and oxygen atoms in total. The molecule has 0 spiro atoms. The van der Waals surface area contributed by atoms with Crippen LogP contribution in [0, 0.1) is 0 Å². The summed E-state index contributed by atoms with van der Waals surface area (Å²) < 4.78 is 5.97. The zero-order chi connectivity index (χ0) is 17.2. The molecule has 1 atom stereocenters. The molecule has 1 heterocycles. The normalized spacial score (nSPS) is 19.5. The Morgan fingerprint density at radius 3 is 2.08 bits per heavy atom. The lowest BCUT2D eigenvalue weighted by molar-refractivity contribution is -0.140. The molecule has 0 aromatic heterocycles. The number of hydrogen-bond acceptors (Lipinski definition) is 2. The highest BCUT2D eigenvalue weighted by Gasteiger charge is 2.46. The Morgan fingerprint density at radius 2 is 1.62 bits per heavy atom. The molecule has 1 aliphatic rings. The molecule has 0 aliphatic carbocycles. The Kier molecular flexibility index (Phi) is 4.54. The van der Waals surface area contributed by atoms with Gasteiger partial charge in [0, 0.05) is 5.92 Å². The molecule has 1 amide bonds. The number of nitrogens with zero attached hydrogens (tertiary/aromatic N) is 1. The summed E-state index contributed by atoms with van der Waals surface area (Å²) in [6.45, 7) is 8.03. The molecular formula is C21H23NO2. The van der Waals surface area contributed by atoms with Crippen LogP contribution in [0.5, 0.6) is 0 Å². The molecule has 1 saturated heterocycles. The molecule has 1 aliphatic heterocycles. The molecule has 124 valence electrons. The van der Waals surface area contributed by atoms with Gasteiger partial charge in [-0.05, 0) is 31.1 Å². The zero-order valence-corrected chi connectivity index (χ0v) is 14.2. The van der Waals surface area contributed by atoms with E-state index in [0.29, 0.717) is 6.61 Å². The molecule has 0 saturated carbocycles. The summed E-state index contributed by atoms with van der Waals surface area (Å²) in [6.07, 6.45) is 1.37. The third-order valence-electron chi connectivity index (χ3n) is 4.63. The highest BCUT2D eigenvalue weighted by atomic mass is 16.5. The first-order valence-corrected chi connectivity index (χ1v) is 8.24. The minimum atomic E-state index is -0.641. The first-order chi connectivity index (χ1) is 11.5. The van der Waals surface area contributed by atoms with E-state index < -0.39 is 5.72 Å². The van der Waals surface area contributed by atoms with Crippen molar-refractivity contribution in [2.24, 2.45) is 0 Å². The molecule has 0 N–H and O–H groups in total.